The van der Waals surface area contributed by atoms with Gasteiger partial charge >= 0.3 is 0 Å². The molecule has 37 heavy (non-hydrogen) atoms. The molecule has 8 heteroatoms. The van der Waals surface area contributed by atoms with Crippen LogP contribution in [0.4, 0.5) is 0 Å². The zero-order chi connectivity index (χ0) is 25.7. The molecule has 0 spiro atoms. The molecule has 184 valence electrons. The third-order valence-corrected chi connectivity index (χ3v) is 7.22. The number of aromatic nitrogens is 3. The highest BCUT2D eigenvalue weighted by molar-refractivity contribution is 6.31. The number of amides is 1. The summed E-state index contributed by atoms with van der Waals surface area (Å²) in [6.07, 6.45) is 2.76. The molecule has 2 aromatic heterocycles. The van der Waals surface area contributed by atoms with Crippen molar-refractivity contribution >= 4 is 45.0 Å². The summed E-state index contributed by atoms with van der Waals surface area (Å²) in [6, 6.07) is 21.2. The largest absolute Gasteiger partial charge is 0.321 e. The molecule has 0 saturated heterocycles. The fraction of sp³-hybridized carbons (Fsp3) is 0.172. The summed E-state index contributed by atoms with van der Waals surface area (Å²) in [5.74, 6) is -0.184. The Morgan fingerprint density at radius 1 is 1.11 bits per heavy atom. The summed E-state index contributed by atoms with van der Waals surface area (Å²) in [4.78, 5) is 29.2. The van der Waals surface area contributed by atoms with Crippen LogP contribution in [0.2, 0.25) is 5.02 Å². The molecule has 0 bridgehead atoms. The maximum absolute atomic E-state index is 13.5. The molecule has 1 unspecified atom stereocenters. The van der Waals surface area contributed by atoms with Crippen LogP contribution in [0.15, 0.2) is 82.8 Å². The molecular formula is C29H24ClN5O2. The molecule has 7 nitrogen and oxygen atoms in total. The second kappa shape index (κ2) is 9.01. The van der Waals surface area contributed by atoms with Crippen LogP contribution >= 0.6 is 11.6 Å². The number of fused-ring (bicyclic) bond motifs is 2. The number of rotatable bonds is 4. The molecule has 5 aromatic rings. The normalized spacial score (nSPS) is 15.5. The van der Waals surface area contributed by atoms with Gasteiger partial charge in [-0.3, -0.25) is 14.3 Å². The Morgan fingerprint density at radius 2 is 1.92 bits per heavy atom. The van der Waals surface area contributed by atoms with Crippen molar-refractivity contribution in [2.75, 3.05) is 0 Å². The van der Waals surface area contributed by atoms with Gasteiger partial charge in [0.25, 0.3) is 5.56 Å². The van der Waals surface area contributed by atoms with Crippen molar-refractivity contribution in [3.8, 4) is 0 Å². The number of halogens is 1. The number of carbonyl (C=O) groups excluding carboxylic acids is 1. The second-order valence-electron chi connectivity index (χ2n) is 9.38. The average Bonchev–Trinajstić information content (AvgIpc) is 3.49. The summed E-state index contributed by atoms with van der Waals surface area (Å²) in [5.41, 5.74) is 5.42. The van der Waals surface area contributed by atoms with E-state index < -0.39 is 0 Å². The number of benzene rings is 3. The zero-order valence-corrected chi connectivity index (χ0v) is 21.2. The van der Waals surface area contributed by atoms with Crippen LogP contribution in [0, 0.1) is 0 Å². The Kier molecular flexibility index (Phi) is 5.65. The lowest BCUT2D eigenvalue weighted by molar-refractivity contribution is -0.130. The van der Waals surface area contributed by atoms with Crippen molar-refractivity contribution in [3.63, 3.8) is 0 Å². The number of hydrazone groups is 1. The van der Waals surface area contributed by atoms with Crippen LogP contribution in [-0.2, 0) is 18.3 Å². The Bertz CT molecular complexity index is 1770. The van der Waals surface area contributed by atoms with Gasteiger partial charge in [-0.15, -0.1) is 0 Å². The van der Waals surface area contributed by atoms with Crippen LogP contribution in [0.25, 0.3) is 21.8 Å². The number of carbonyl (C=O) groups is 1. The van der Waals surface area contributed by atoms with E-state index in [1.165, 1.54) is 11.9 Å². The minimum Gasteiger partial charge on any atom is -0.321 e. The van der Waals surface area contributed by atoms with Gasteiger partial charge in [-0.1, -0.05) is 48.0 Å². The Balaban J connectivity index is 1.50. The highest BCUT2D eigenvalue weighted by atomic mass is 35.5. The van der Waals surface area contributed by atoms with E-state index in [1.807, 2.05) is 78.6 Å². The Morgan fingerprint density at radius 3 is 2.70 bits per heavy atom. The van der Waals surface area contributed by atoms with Crippen LogP contribution in [0.5, 0.6) is 0 Å². The van der Waals surface area contributed by atoms with Gasteiger partial charge in [-0.05, 0) is 53.4 Å². The predicted molar refractivity (Wildman–Crippen MR) is 146 cm³/mol. The average molecular weight is 510 g/mol. The molecular weight excluding hydrogens is 486 g/mol. The van der Waals surface area contributed by atoms with Gasteiger partial charge in [0.2, 0.25) is 5.91 Å². The lowest BCUT2D eigenvalue weighted by atomic mass is 9.91. The number of nitrogens with zero attached hydrogens (tertiary/aromatic N) is 4. The van der Waals surface area contributed by atoms with Crippen LogP contribution in [0.3, 0.4) is 0 Å². The fourth-order valence-corrected chi connectivity index (χ4v) is 5.39. The third-order valence-electron chi connectivity index (χ3n) is 6.98. The van der Waals surface area contributed by atoms with E-state index in [9.17, 15) is 9.59 Å². The molecule has 0 radical (unpaired) electrons. The minimum atomic E-state index is -0.323. The number of aryl methyl sites for hydroxylation is 1. The van der Waals surface area contributed by atoms with E-state index in [-0.39, 0.29) is 17.5 Å². The van der Waals surface area contributed by atoms with Crippen molar-refractivity contribution < 1.29 is 4.79 Å². The molecule has 1 N–H and O–H groups in total. The lowest BCUT2D eigenvalue weighted by Gasteiger charge is -2.20. The van der Waals surface area contributed by atoms with Gasteiger partial charge in [0.15, 0.2) is 0 Å². The van der Waals surface area contributed by atoms with Crippen LogP contribution in [0.1, 0.15) is 41.6 Å². The maximum Gasteiger partial charge on any atom is 0.257 e. The van der Waals surface area contributed by atoms with Crippen LogP contribution in [-0.4, -0.2) is 31.4 Å². The predicted octanol–water partition coefficient (Wildman–Crippen LogP) is 5.36. The van der Waals surface area contributed by atoms with E-state index in [4.69, 9.17) is 16.7 Å². The summed E-state index contributed by atoms with van der Waals surface area (Å²) >= 11 is 6.38. The third kappa shape index (κ3) is 4.11. The number of aromatic amines is 1. The standard InChI is InChI=1S/C29H24ClN5O2/c1-17(36)35-27(19-8-11-26-20(13-19)16-31-34(26)2)15-25(33-35)28-23(12-18-6-4-3-5-7-18)22-14-21(30)9-10-24(22)32-29(28)37/h3-11,13-14,16,27H,12,15H2,1-2H3,(H,32,37). The van der Waals surface area contributed by atoms with E-state index in [2.05, 4.69) is 10.1 Å². The topological polar surface area (TPSA) is 83.3 Å². The number of hydrogen-bond acceptors (Lipinski definition) is 4. The zero-order valence-electron chi connectivity index (χ0n) is 20.4. The Labute approximate surface area is 218 Å². The summed E-state index contributed by atoms with van der Waals surface area (Å²) in [6.45, 7) is 1.50. The monoisotopic (exact) mass is 509 g/mol. The first-order valence-electron chi connectivity index (χ1n) is 12.1. The summed E-state index contributed by atoms with van der Waals surface area (Å²) < 4.78 is 1.81. The first-order chi connectivity index (χ1) is 17.9. The Hall–Kier alpha value is -4.23. The van der Waals surface area contributed by atoms with Gasteiger partial charge in [-0.25, -0.2) is 5.01 Å². The molecule has 0 saturated carbocycles. The van der Waals surface area contributed by atoms with E-state index in [0.717, 1.165) is 33.0 Å². The van der Waals surface area contributed by atoms with Crippen molar-refractivity contribution in [2.45, 2.75) is 25.8 Å². The van der Waals surface area contributed by atoms with E-state index in [0.29, 0.717) is 34.7 Å². The van der Waals surface area contributed by atoms with E-state index in [1.54, 1.807) is 6.07 Å². The van der Waals surface area contributed by atoms with E-state index >= 15 is 0 Å². The molecule has 1 aliphatic rings. The van der Waals surface area contributed by atoms with Crippen molar-refractivity contribution in [2.24, 2.45) is 12.1 Å². The molecule has 0 fully saturated rings. The number of hydrogen-bond donors (Lipinski definition) is 1. The van der Waals surface area contributed by atoms with Crippen LogP contribution < -0.4 is 5.56 Å². The molecule has 3 heterocycles. The first kappa shape index (κ1) is 23.2. The van der Waals surface area contributed by atoms with Gasteiger partial charge in [-0.2, -0.15) is 10.2 Å². The number of H-pyrrole nitrogens is 1. The molecule has 1 atom stereocenters. The smallest absolute Gasteiger partial charge is 0.257 e. The maximum atomic E-state index is 13.5. The van der Waals surface area contributed by atoms with Gasteiger partial charge < -0.3 is 4.98 Å². The van der Waals surface area contributed by atoms with Gasteiger partial charge in [0.1, 0.15) is 0 Å². The van der Waals surface area contributed by atoms with Crippen molar-refractivity contribution in [1.29, 1.82) is 0 Å². The summed E-state index contributed by atoms with van der Waals surface area (Å²) in [5, 5.41) is 13.0. The molecule has 3 aromatic carbocycles. The number of pyridine rings is 1. The van der Waals surface area contributed by atoms with Crippen molar-refractivity contribution in [3.05, 3.63) is 111 Å². The second-order valence-corrected chi connectivity index (χ2v) is 9.81. The molecule has 1 aliphatic heterocycles. The highest BCUT2D eigenvalue weighted by Crippen LogP contribution is 2.35. The summed E-state index contributed by atoms with van der Waals surface area (Å²) in [7, 11) is 1.90. The molecule has 6 rings (SSSR count). The van der Waals surface area contributed by atoms with Gasteiger partial charge in [0, 0.05) is 41.7 Å². The number of nitrogens with one attached hydrogen (secondary N) is 1. The first-order valence-corrected chi connectivity index (χ1v) is 12.4. The molecule has 0 aliphatic carbocycles. The SMILES string of the molecule is CC(=O)N1N=C(c2c(Cc3ccccc3)c3cc(Cl)ccc3[nH]c2=O)CC1c1ccc2c(cnn2C)c1. The quantitative estimate of drug-likeness (QED) is 0.354. The highest BCUT2D eigenvalue weighted by Gasteiger charge is 2.34. The fourth-order valence-electron chi connectivity index (χ4n) is 5.22. The molecule has 1 amide bonds. The lowest BCUT2D eigenvalue weighted by Crippen LogP contribution is -2.24. The minimum absolute atomic E-state index is 0.184. The van der Waals surface area contributed by atoms with Gasteiger partial charge in [0.05, 0.1) is 29.0 Å². The van der Waals surface area contributed by atoms with Crippen molar-refractivity contribution in [1.82, 2.24) is 19.8 Å².